The van der Waals surface area contributed by atoms with Crippen LogP contribution in [0.2, 0.25) is 0 Å². The molecule has 0 atom stereocenters. The lowest BCUT2D eigenvalue weighted by Crippen LogP contribution is -2.05. The average Bonchev–Trinajstić information content (AvgIpc) is 3.95. The van der Waals surface area contributed by atoms with E-state index in [9.17, 15) is 0 Å². The Bertz CT molecular complexity index is 3580. The van der Waals surface area contributed by atoms with Gasteiger partial charge in [0.2, 0.25) is 0 Å². The summed E-state index contributed by atoms with van der Waals surface area (Å²) in [6, 6.07) is 51.1. The summed E-state index contributed by atoms with van der Waals surface area (Å²) in [5, 5.41) is 9.16. The fraction of sp³-hybridized carbons (Fsp3) is 0.0204. The van der Waals surface area contributed by atoms with Crippen molar-refractivity contribution in [3.05, 3.63) is 169 Å². The third kappa shape index (κ3) is 4.21. The van der Waals surface area contributed by atoms with Crippen LogP contribution in [0.25, 0.3) is 106 Å². The molecule has 260 valence electrons. The van der Waals surface area contributed by atoms with Crippen LogP contribution in [0.3, 0.4) is 0 Å². The zero-order valence-electron chi connectivity index (χ0n) is 29.4. The van der Waals surface area contributed by atoms with Gasteiger partial charge in [0.05, 0.1) is 33.3 Å². The molecular weight excluding hydrogens is 719 g/mol. The van der Waals surface area contributed by atoms with Gasteiger partial charge in [-0.1, -0.05) is 91.0 Å². The Hall–Kier alpha value is -6.34. The van der Waals surface area contributed by atoms with Crippen LogP contribution < -0.4 is 0 Å². The van der Waals surface area contributed by atoms with Crippen molar-refractivity contribution in [2.45, 2.75) is 6.92 Å². The minimum Gasteiger partial charge on any atom is -0.308 e. The monoisotopic (exact) mass is 746 g/mol. The fourth-order valence-corrected chi connectivity index (χ4v) is 11.3. The maximum atomic E-state index is 16.4. The first-order valence-electron chi connectivity index (χ1n) is 18.3. The fourth-order valence-electron chi connectivity index (χ4n) is 9.09. The second-order valence-electron chi connectivity index (χ2n) is 14.3. The Balaban J connectivity index is 1.28. The number of hydrogen-bond acceptors (Lipinski definition) is 2. The number of fused-ring (bicyclic) bond motifs is 14. The number of aromatic nitrogens is 2. The number of benzene rings is 8. The average molecular weight is 747 g/mol. The van der Waals surface area contributed by atoms with Crippen LogP contribution in [0.4, 0.5) is 8.78 Å². The van der Waals surface area contributed by atoms with E-state index in [2.05, 4.69) is 137 Å². The second kappa shape index (κ2) is 11.3. The van der Waals surface area contributed by atoms with E-state index in [1.54, 1.807) is 22.7 Å². The predicted molar refractivity (Wildman–Crippen MR) is 231 cm³/mol. The topological polar surface area (TPSA) is 9.86 Å². The largest absolute Gasteiger partial charge is 0.308 e. The van der Waals surface area contributed by atoms with Crippen LogP contribution in [-0.4, -0.2) is 9.13 Å². The first kappa shape index (κ1) is 31.1. The number of nitrogens with zero attached hydrogens (tertiary/aromatic N) is 2. The molecule has 0 fully saturated rings. The van der Waals surface area contributed by atoms with Crippen molar-refractivity contribution in [3.63, 3.8) is 0 Å². The van der Waals surface area contributed by atoms with Crippen molar-refractivity contribution in [1.29, 1.82) is 0 Å². The molecule has 12 rings (SSSR count). The predicted octanol–water partition coefficient (Wildman–Crippen LogP) is 14.9. The highest BCUT2D eigenvalue weighted by Crippen LogP contribution is 2.47. The molecule has 6 heteroatoms. The van der Waals surface area contributed by atoms with E-state index >= 15 is 8.78 Å². The Morgan fingerprint density at radius 2 is 0.891 bits per heavy atom. The van der Waals surface area contributed by atoms with Crippen molar-refractivity contribution in [2.75, 3.05) is 0 Å². The molecule has 0 radical (unpaired) electrons. The van der Waals surface area contributed by atoms with Gasteiger partial charge in [0.15, 0.2) is 0 Å². The molecule has 4 aromatic heterocycles. The molecule has 0 bridgehead atoms. The van der Waals surface area contributed by atoms with E-state index in [0.29, 0.717) is 5.56 Å². The van der Waals surface area contributed by atoms with Gasteiger partial charge >= 0.3 is 0 Å². The maximum Gasteiger partial charge on any atom is 0.134 e. The van der Waals surface area contributed by atoms with Gasteiger partial charge in [-0.25, -0.2) is 8.78 Å². The van der Waals surface area contributed by atoms with Gasteiger partial charge < -0.3 is 9.13 Å². The molecule has 0 aliphatic heterocycles. The van der Waals surface area contributed by atoms with Gasteiger partial charge in [0, 0.05) is 73.1 Å². The smallest absolute Gasteiger partial charge is 0.134 e. The highest BCUT2D eigenvalue weighted by atomic mass is 32.1. The van der Waals surface area contributed by atoms with Crippen LogP contribution in [0.15, 0.2) is 152 Å². The third-order valence-electron chi connectivity index (χ3n) is 11.4. The first-order chi connectivity index (χ1) is 27.0. The number of para-hydroxylation sites is 2. The number of halogens is 2. The molecule has 4 heterocycles. The molecule has 2 nitrogen and oxygen atoms in total. The lowest BCUT2D eigenvalue weighted by molar-refractivity contribution is 0.589. The minimum atomic E-state index is -0.601. The SMILES string of the molecule is Cc1cc(-n2c3ccccc3c3ccc4sc5ccccc5c4c32)c(-c2c(F)cccc2F)cc1-n1c2ccccc2c2ccc3sc4ccccc4c3c21. The van der Waals surface area contributed by atoms with Crippen LogP contribution in [-0.2, 0) is 0 Å². The molecule has 0 N–H and O–H groups in total. The molecule has 8 aromatic carbocycles. The Labute approximate surface area is 321 Å². The van der Waals surface area contributed by atoms with E-state index in [1.807, 2.05) is 12.1 Å². The summed E-state index contributed by atoms with van der Waals surface area (Å²) in [7, 11) is 0. The summed E-state index contributed by atoms with van der Waals surface area (Å²) in [5.41, 5.74) is 7.19. The first-order valence-corrected chi connectivity index (χ1v) is 19.9. The molecule has 0 aliphatic rings. The number of rotatable bonds is 3. The van der Waals surface area contributed by atoms with Crippen LogP contribution in [0, 0.1) is 18.6 Å². The van der Waals surface area contributed by atoms with Crippen molar-refractivity contribution in [2.24, 2.45) is 0 Å². The standard InChI is InChI=1S/C49H28F2N2S2/c1-27-25-40(53-38-18-7-3-12-29(38)31-22-24-44-47(49(31)53)33-14-5-9-20-42(33)55-44)34(45-35(50)15-10-16-36(45)51)26-39(27)52-37-17-6-2-11-28(37)30-21-23-43-46(48(30)52)32-13-4-8-19-41(32)54-43/h2-26H,1H3. The molecule has 12 aromatic rings. The van der Waals surface area contributed by atoms with Gasteiger partial charge in [-0.2, -0.15) is 0 Å². The molecule has 0 amide bonds. The summed E-state index contributed by atoms with van der Waals surface area (Å²) in [6.45, 7) is 2.12. The molecule has 0 unspecified atom stereocenters. The molecule has 0 saturated carbocycles. The molecule has 0 saturated heterocycles. The molecule has 0 spiro atoms. The Kier molecular flexibility index (Phi) is 6.40. The van der Waals surface area contributed by atoms with Crippen molar-refractivity contribution < 1.29 is 8.78 Å². The van der Waals surface area contributed by atoms with Crippen molar-refractivity contribution in [3.8, 4) is 22.5 Å². The van der Waals surface area contributed by atoms with Gasteiger partial charge in [-0.05, 0) is 73.2 Å². The summed E-state index contributed by atoms with van der Waals surface area (Å²) in [4.78, 5) is 0. The lowest BCUT2D eigenvalue weighted by atomic mass is 9.98. The van der Waals surface area contributed by atoms with Gasteiger partial charge in [0.25, 0.3) is 0 Å². The summed E-state index contributed by atoms with van der Waals surface area (Å²) < 4.78 is 42.1. The lowest BCUT2D eigenvalue weighted by Gasteiger charge is -2.20. The highest BCUT2D eigenvalue weighted by molar-refractivity contribution is 7.26. The summed E-state index contributed by atoms with van der Waals surface area (Å²) >= 11 is 3.56. The number of aryl methyl sites for hydroxylation is 1. The zero-order valence-corrected chi connectivity index (χ0v) is 31.0. The normalized spacial score (nSPS) is 12.3. The number of hydrogen-bond donors (Lipinski definition) is 0. The van der Waals surface area contributed by atoms with E-state index in [1.165, 1.54) is 53.2 Å². The van der Waals surface area contributed by atoms with E-state index in [-0.39, 0.29) is 5.56 Å². The van der Waals surface area contributed by atoms with E-state index in [4.69, 9.17) is 0 Å². The highest BCUT2D eigenvalue weighted by Gasteiger charge is 2.26. The Morgan fingerprint density at radius 1 is 0.418 bits per heavy atom. The van der Waals surface area contributed by atoms with Crippen LogP contribution >= 0.6 is 22.7 Å². The second-order valence-corrected chi connectivity index (χ2v) is 16.5. The van der Waals surface area contributed by atoms with Crippen LogP contribution in [0.1, 0.15) is 5.56 Å². The summed E-state index contributed by atoms with van der Waals surface area (Å²) in [6.07, 6.45) is 0. The summed E-state index contributed by atoms with van der Waals surface area (Å²) in [5.74, 6) is -1.20. The van der Waals surface area contributed by atoms with Crippen LogP contribution in [0.5, 0.6) is 0 Å². The Morgan fingerprint density at radius 3 is 1.44 bits per heavy atom. The van der Waals surface area contributed by atoms with Crippen molar-refractivity contribution >= 4 is 107 Å². The van der Waals surface area contributed by atoms with E-state index in [0.717, 1.165) is 65.9 Å². The molecule has 0 aliphatic carbocycles. The number of thiophene rings is 2. The van der Waals surface area contributed by atoms with Gasteiger partial charge in [-0.3, -0.25) is 0 Å². The molecule has 55 heavy (non-hydrogen) atoms. The van der Waals surface area contributed by atoms with E-state index < -0.39 is 11.6 Å². The van der Waals surface area contributed by atoms with Crippen molar-refractivity contribution in [1.82, 2.24) is 9.13 Å². The van der Waals surface area contributed by atoms with Gasteiger partial charge in [0.1, 0.15) is 11.6 Å². The quantitative estimate of drug-likeness (QED) is 0.170. The minimum absolute atomic E-state index is 0.0427. The maximum absolute atomic E-state index is 16.4. The zero-order chi connectivity index (χ0) is 36.5. The molecular formula is C49H28F2N2S2. The third-order valence-corrected chi connectivity index (χ3v) is 13.6. The van der Waals surface area contributed by atoms with Gasteiger partial charge in [-0.15, -0.1) is 22.7 Å².